The molecule has 0 spiro atoms. The number of aromatic amines is 1. The molecule has 2 rings (SSSR count). The molecule has 5 nitrogen and oxygen atoms in total. The van der Waals surface area contributed by atoms with Crippen LogP contribution in [0.25, 0.3) is 0 Å². The standard InChI is InChI=1S/C15H18N2O3/c1-8-5-6-12(14(18)16-8)15(19)17-10(3)13-7-9(2)20-11(13)4/h5-7,10H,1-4H3,(H,16,18)(H,17,19). The Labute approximate surface area is 117 Å². The molecule has 0 saturated heterocycles. The fourth-order valence-electron chi connectivity index (χ4n) is 2.18. The minimum atomic E-state index is -0.392. The third kappa shape index (κ3) is 2.82. The Bertz CT molecular complexity index is 697. The lowest BCUT2D eigenvalue weighted by Crippen LogP contribution is -2.31. The molecular weight excluding hydrogens is 256 g/mol. The number of carbonyl (C=O) groups excluding carboxylic acids is 1. The molecule has 0 aromatic carbocycles. The Morgan fingerprint density at radius 3 is 2.55 bits per heavy atom. The van der Waals surface area contributed by atoms with Crippen LogP contribution in [0.2, 0.25) is 0 Å². The summed E-state index contributed by atoms with van der Waals surface area (Å²) >= 11 is 0. The number of nitrogens with one attached hydrogen (secondary N) is 2. The van der Waals surface area contributed by atoms with Crippen LogP contribution < -0.4 is 10.9 Å². The lowest BCUT2D eigenvalue weighted by Gasteiger charge is -2.13. The average molecular weight is 274 g/mol. The highest BCUT2D eigenvalue weighted by molar-refractivity contribution is 5.94. The Morgan fingerprint density at radius 1 is 1.30 bits per heavy atom. The summed E-state index contributed by atoms with van der Waals surface area (Å²) in [5.41, 5.74) is 1.37. The molecule has 1 unspecified atom stereocenters. The molecule has 20 heavy (non-hydrogen) atoms. The zero-order chi connectivity index (χ0) is 14.9. The Kier molecular flexibility index (Phi) is 3.79. The van der Waals surface area contributed by atoms with Crippen LogP contribution in [0.15, 0.2) is 27.4 Å². The van der Waals surface area contributed by atoms with Gasteiger partial charge >= 0.3 is 0 Å². The molecule has 5 heteroatoms. The van der Waals surface area contributed by atoms with E-state index in [1.54, 1.807) is 13.0 Å². The van der Waals surface area contributed by atoms with Crippen molar-refractivity contribution in [2.24, 2.45) is 0 Å². The van der Waals surface area contributed by atoms with Crippen LogP contribution in [0, 0.1) is 20.8 Å². The molecule has 106 valence electrons. The summed E-state index contributed by atoms with van der Waals surface area (Å²) in [6.07, 6.45) is 0. The SMILES string of the molecule is Cc1ccc(C(=O)NC(C)c2cc(C)oc2C)c(=O)[nH]1. The third-order valence-electron chi connectivity index (χ3n) is 3.19. The van der Waals surface area contributed by atoms with Crippen LogP contribution in [0.5, 0.6) is 0 Å². The fraction of sp³-hybridized carbons (Fsp3) is 0.333. The van der Waals surface area contributed by atoms with Crippen molar-refractivity contribution in [1.29, 1.82) is 0 Å². The number of aromatic nitrogens is 1. The van der Waals surface area contributed by atoms with E-state index >= 15 is 0 Å². The highest BCUT2D eigenvalue weighted by Crippen LogP contribution is 2.21. The van der Waals surface area contributed by atoms with Gasteiger partial charge < -0.3 is 14.7 Å². The number of amides is 1. The van der Waals surface area contributed by atoms with Crippen molar-refractivity contribution in [2.45, 2.75) is 33.7 Å². The van der Waals surface area contributed by atoms with Gasteiger partial charge in [-0.25, -0.2) is 0 Å². The van der Waals surface area contributed by atoms with E-state index in [4.69, 9.17) is 4.42 Å². The molecule has 2 aromatic heterocycles. The summed E-state index contributed by atoms with van der Waals surface area (Å²) in [5, 5.41) is 2.81. The summed E-state index contributed by atoms with van der Waals surface area (Å²) in [7, 11) is 0. The second kappa shape index (κ2) is 5.36. The molecule has 0 aliphatic rings. The number of rotatable bonds is 3. The van der Waals surface area contributed by atoms with Crippen molar-refractivity contribution in [3.63, 3.8) is 0 Å². The van der Waals surface area contributed by atoms with Gasteiger partial charge in [-0.05, 0) is 45.9 Å². The first kappa shape index (κ1) is 14.1. The van der Waals surface area contributed by atoms with E-state index < -0.39 is 5.91 Å². The van der Waals surface area contributed by atoms with Gasteiger partial charge in [0.05, 0.1) is 6.04 Å². The van der Waals surface area contributed by atoms with Gasteiger partial charge in [-0.15, -0.1) is 0 Å². The summed E-state index contributed by atoms with van der Waals surface area (Å²) < 4.78 is 5.44. The second-order valence-electron chi connectivity index (χ2n) is 4.95. The molecule has 0 fully saturated rings. The van der Waals surface area contributed by atoms with Crippen molar-refractivity contribution >= 4 is 5.91 Å². The van der Waals surface area contributed by atoms with Crippen LogP contribution in [0.3, 0.4) is 0 Å². The Hall–Kier alpha value is -2.30. The summed E-state index contributed by atoms with van der Waals surface area (Å²) in [6.45, 7) is 7.33. The number of H-pyrrole nitrogens is 1. The molecule has 0 aliphatic carbocycles. The lowest BCUT2D eigenvalue weighted by molar-refractivity contribution is 0.0938. The summed E-state index contributed by atoms with van der Waals surface area (Å²) in [4.78, 5) is 26.5. The van der Waals surface area contributed by atoms with Gasteiger partial charge in [0.1, 0.15) is 17.1 Å². The molecule has 0 radical (unpaired) electrons. The van der Waals surface area contributed by atoms with Crippen molar-refractivity contribution < 1.29 is 9.21 Å². The number of furan rings is 1. The van der Waals surface area contributed by atoms with E-state index in [0.717, 1.165) is 22.8 Å². The highest BCUT2D eigenvalue weighted by atomic mass is 16.3. The van der Waals surface area contributed by atoms with Crippen molar-refractivity contribution in [2.75, 3.05) is 0 Å². The molecule has 1 atom stereocenters. The zero-order valence-corrected chi connectivity index (χ0v) is 12.0. The van der Waals surface area contributed by atoms with E-state index in [9.17, 15) is 9.59 Å². The molecule has 1 amide bonds. The first-order valence-electron chi connectivity index (χ1n) is 6.46. The second-order valence-corrected chi connectivity index (χ2v) is 4.95. The van der Waals surface area contributed by atoms with Crippen LogP contribution in [0.4, 0.5) is 0 Å². The van der Waals surface area contributed by atoms with E-state index in [1.807, 2.05) is 26.8 Å². The number of hydrogen-bond donors (Lipinski definition) is 2. The van der Waals surface area contributed by atoms with Crippen LogP contribution in [-0.4, -0.2) is 10.9 Å². The monoisotopic (exact) mass is 274 g/mol. The zero-order valence-electron chi connectivity index (χ0n) is 12.0. The minimum Gasteiger partial charge on any atom is -0.466 e. The fourth-order valence-corrected chi connectivity index (χ4v) is 2.18. The number of aryl methyl sites for hydroxylation is 3. The van der Waals surface area contributed by atoms with Gasteiger partial charge in [0, 0.05) is 11.3 Å². The quantitative estimate of drug-likeness (QED) is 0.902. The van der Waals surface area contributed by atoms with Crippen molar-refractivity contribution in [3.8, 4) is 0 Å². The molecule has 2 N–H and O–H groups in total. The smallest absolute Gasteiger partial charge is 0.260 e. The first-order chi connectivity index (χ1) is 9.38. The minimum absolute atomic E-state index is 0.111. The maximum atomic E-state index is 12.1. The third-order valence-corrected chi connectivity index (χ3v) is 3.19. The summed E-state index contributed by atoms with van der Waals surface area (Å²) in [6, 6.07) is 4.90. The van der Waals surface area contributed by atoms with Crippen LogP contribution >= 0.6 is 0 Å². The predicted molar refractivity (Wildman–Crippen MR) is 75.9 cm³/mol. The molecule has 0 saturated carbocycles. The molecule has 0 aliphatic heterocycles. The van der Waals surface area contributed by atoms with Gasteiger partial charge in [0.25, 0.3) is 11.5 Å². The van der Waals surface area contributed by atoms with Gasteiger partial charge in [-0.3, -0.25) is 9.59 Å². The normalized spacial score (nSPS) is 12.2. The van der Waals surface area contributed by atoms with Crippen LogP contribution in [-0.2, 0) is 0 Å². The number of carbonyl (C=O) groups is 1. The molecule has 2 heterocycles. The number of pyridine rings is 1. The predicted octanol–water partition coefficient (Wildman–Crippen LogP) is 2.38. The molecule has 0 bridgehead atoms. The summed E-state index contributed by atoms with van der Waals surface area (Å²) in [5.74, 6) is 1.18. The van der Waals surface area contributed by atoms with Gasteiger partial charge in [0.15, 0.2) is 0 Å². The van der Waals surface area contributed by atoms with Crippen LogP contribution in [0.1, 0.15) is 46.1 Å². The van der Waals surface area contributed by atoms with Gasteiger partial charge in [0.2, 0.25) is 0 Å². The van der Waals surface area contributed by atoms with E-state index in [1.165, 1.54) is 6.07 Å². The van der Waals surface area contributed by atoms with E-state index in [-0.39, 0.29) is 17.2 Å². The highest BCUT2D eigenvalue weighted by Gasteiger charge is 2.17. The maximum absolute atomic E-state index is 12.1. The molecular formula is C15H18N2O3. The van der Waals surface area contributed by atoms with Gasteiger partial charge in [-0.1, -0.05) is 0 Å². The lowest BCUT2D eigenvalue weighted by atomic mass is 10.1. The molecule has 2 aromatic rings. The largest absolute Gasteiger partial charge is 0.466 e. The Morgan fingerprint density at radius 2 is 2.00 bits per heavy atom. The van der Waals surface area contributed by atoms with Crippen molar-refractivity contribution in [3.05, 3.63) is 56.9 Å². The topological polar surface area (TPSA) is 75.1 Å². The van der Waals surface area contributed by atoms with E-state index in [0.29, 0.717) is 0 Å². The Balaban J connectivity index is 2.19. The maximum Gasteiger partial charge on any atom is 0.260 e. The average Bonchev–Trinajstić information content (AvgIpc) is 2.68. The first-order valence-corrected chi connectivity index (χ1v) is 6.46. The van der Waals surface area contributed by atoms with Crippen molar-refractivity contribution in [1.82, 2.24) is 10.3 Å². The number of hydrogen-bond acceptors (Lipinski definition) is 3. The van der Waals surface area contributed by atoms with E-state index in [2.05, 4.69) is 10.3 Å². The van der Waals surface area contributed by atoms with Gasteiger partial charge in [-0.2, -0.15) is 0 Å².